The van der Waals surface area contributed by atoms with Gasteiger partial charge in [0, 0.05) is 10.6 Å². The van der Waals surface area contributed by atoms with Crippen LogP contribution in [-0.2, 0) is 4.79 Å². The van der Waals surface area contributed by atoms with Gasteiger partial charge >= 0.3 is 17.7 Å². The highest BCUT2D eigenvalue weighted by Crippen LogP contribution is 2.44. The lowest BCUT2D eigenvalue weighted by molar-refractivity contribution is -0.235. The first-order valence-electron chi connectivity index (χ1n) is 5.58. The van der Waals surface area contributed by atoms with Crippen LogP contribution >= 0.6 is 11.6 Å². The van der Waals surface area contributed by atoms with Crippen molar-refractivity contribution in [2.45, 2.75) is 25.6 Å². The normalized spacial score (nSPS) is 21.3. The van der Waals surface area contributed by atoms with Crippen molar-refractivity contribution in [3.8, 4) is 5.75 Å². The van der Waals surface area contributed by atoms with E-state index in [0.717, 1.165) is 6.08 Å². The molecule has 0 radical (unpaired) electrons. The summed E-state index contributed by atoms with van der Waals surface area (Å²) in [6, 6.07) is 1.30. The van der Waals surface area contributed by atoms with Crippen molar-refractivity contribution < 1.29 is 27.8 Å². The number of carbonyl (C=O) groups is 1. The predicted molar refractivity (Wildman–Crippen MR) is 67.0 cm³/mol. The number of hydrogen-bond acceptors (Lipinski definition) is 2. The fraction of sp³-hybridized carbons (Fsp3) is 0.308. The minimum Gasteiger partial charge on any atom is -0.478 e. The van der Waals surface area contributed by atoms with Crippen molar-refractivity contribution in [2.75, 3.05) is 0 Å². The summed E-state index contributed by atoms with van der Waals surface area (Å²) < 4.78 is 43.9. The van der Waals surface area contributed by atoms with E-state index in [-0.39, 0.29) is 5.75 Å². The van der Waals surface area contributed by atoms with Crippen LogP contribution in [-0.4, -0.2) is 22.9 Å². The Bertz CT molecular complexity index is 622. The average Bonchev–Trinajstić information content (AvgIpc) is 2.33. The third-order valence-corrected chi connectivity index (χ3v) is 3.77. The number of fused-ring (bicyclic) bond motifs is 1. The molecule has 1 aliphatic rings. The van der Waals surface area contributed by atoms with Crippen LogP contribution in [0, 0.1) is 13.8 Å². The molecular weight excluding hydrogens is 297 g/mol. The van der Waals surface area contributed by atoms with E-state index >= 15 is 0 Å². The van der Waals surface area contributed by atoms with E-state index in [9.17, 15) is 18.0 Å². The smallest absolute Gasteiger partial charge is 0.443 e. The van der Waals surface area contributed by atoms with E-state index < -0.39 is 17.7 Å². The number of alkyl halides is 3. The number of aliphatic carboxylic acids is 1. The molecular formula is C13H10ClF3O3. The maximum absolute atomic E-state index is 13.0. The van der Waals surface area contributed by atoms with Crippen LogP contribution in [0.4, 0.5) is 13.2 Å². The number of benzene rings is 1. The van der Waals surface area contributed by atoms with Crippen molar-refractivity contribution in [1.82, 2.24) is 0 Å². The number of ether oxygens (including phenoxy) is 1. The van der Waals surface area contributed by atoms with E-state index in [1.807, 2.05) is 0 Å². The minimum absolute atomic E-state index is 0.147. The number of hydrogen-bond donors (Lipinski definition) is 1. The number of rotatable bonds is 1. The third kappa shape index (κ3) is 1.95. The largest absolute Gasteiger partial charge is 0.478 e. The average molecular weight is 307 g/mol. The zero-order chi connectivity index (χ0) is 15.3. The van der Waals surface area contributed by atoms with Gasteiger partial charge in [0.1, 0.15) is 5.75 Å². The highest BCUT2D eigenvalue weighted by molar-refractivity contribution is 6.32. The molecule has 0 spiro atoms. The minimum atomic E-state index is -5.07. The quantitative estimate of drug-likeness (QED) is 0.859. The summed E-state index contributed by atoms with van der Waals surface area (Å²) in [6.45, 7) is 3.23. The molecule has 0 saturated heterocycles. The van der Waals surface area contributed by atoms with Crippen LogP contribution in [0.2, 0.25) is 5.02 Å². The van der Waals surface area contributed by atoms with Crippen LogP contribution in [0.1, 0.15) is 16.7 Å². The number of carboxylic acids is 1. The molecule has 0 aliphatic carbocycles. The molecule has 1 unspecified atom stereocenters. The second kappa shape index (κ2) is 4.41. The number of halogens is 4. The molecule has 2 rings (SSSR count). The Balaban J connectivity index is 2.65. The predicted octanol–water partition coefficient (Wildman–Crippen LogP) is 3.75. The van der Waals surface area contributed by atoms with Crippen molar-refractivity contribution >= 4 is 23.6 Å². The van der Waals surface area contributed by atoms with Gasteiger partial charge in [-0.1, -0.05) is 17.7 Å². The van der Waals surface area contributed by atoms with Crippen molar-refractivity contribution in [3.05, 3.63) is 33.9 Å². The molecule has 0 amide bonds. The molecule has 20 heavy (non-hydrogen) atoms. The van der Waals surface area contributed by atoms with E-state index in [2.05, 4.69) is 0 Å². The summed E-state index contributed by atoms with van der Waals surface area (Å²) in [5.41, 5.74) is -1.97. The summed E-state index contributed by atoms with van der Waals surface area (Å²) in [4.78, 5) is 11.0. The van der Waals surface area contributed by atoms with Crippen molar-refractivity contribution in [3.63, 3.8) is 0 Å². The molecule has 1 aliphatic heterocycles. The Morgan fingerprint density at radius 3 is 2.50 bits per heavy atom. The van der Waals surface area contributed by atoms with Crippen LogP contribution < -0.4 is 4.74 Å². The lowest BCUT2D eigenvalue weighted by atomic mass is 9.94. The van der Waals surface area contributed by atoms with Gasteiger partial charge in [-0.15, -0.1) is 0 Å². The van der Waals surface area contributed by atoms with Gasteiger partial charge in [0.2, 0.25) is 0 Å². The Morgan fingerprint density at radius 1 is 1.40 bits per heavy atom. The summed E-state index contributed by atoms with van der Waals surface area (Å²) in [6.07, 6.45) is -3.49. The summed E-state index contributed by atoms with van der Waals surface area (Å²) >= 11 is 6.01. The Morgan fingerprint density at radius 2 is 2.00 bits per heavy atom. The molecule has 0 aromatic heterocycles. The zero-order valence-corrected chi connectivity index (χ0v) is 11.3. The Labute approximate surface area is 117 Å². The van der Waals surface area contributed by atoms with Gasteiger partial charge in [-0.3, -0.25) is 0 Å². The highest BCUT2D eigenvalue weighted by atomic mass is 35.5. The standard InChI is InChI=1S/C13H10ClF3O3/c1-6-5-9-8(7(2)10(6)14)3-4-12(20-9,11(18)19)13(15,16)17/h3-5H,1-2H3,(H,18,19). The first-order chi connectivity index (χ1) is 9.10. The zero-order valence-electron chi connectivity index (χ0n) is 10.5. The summed E-state index contributed by atoms with van der Waals surface area (Å²) in [5, 5.41) is 9.33. The lowest BCUT2D eigenvalue weighted by Gasteiger charge is -2.33. The van der Waals surface area contributed by atoms with E-state index in [1.54, 1.807) is 13.8 Å². The summed E-state index contributed by atoms with van der Waals surface area (Å²) in [5.74, 6) is -2.26. The molecule has 0 fully saturated rings. The fourth-order valence-corrected chi connectivity index (χ4v) is 2.18. The molecule has 1 N–H and O–H groups in total. The molecule has 108 valence electrons. The molecule has 1 aromatic rings. The second-order valence-corrected chi connectivity index (χ2v) is 4.90. The van der Waals surface area contributed by atoms with Gasteiger partial charge in [-0.2, -0.15) is 13.2 Å². The van der Waals surface area contributed by atoms with E-state index in [1.165, 1.54) is 6.07 Å². The van der Waals surface area contributed by atoms with Crippen LogP contribution in [0.25, 0.3) is 6.08 Å². The van der Waals surface area contributed by atoms with Gasteiger partial charge in [0.25, 0.3) is 0 Å². The molecule has 1 atom stereocenters. The maximum atomic E-state index is 13.0. The Hall–Kier alpha value is -1.69. The van der Waals surface area contributed by atoms with Gasteiger partial charge in [0.15, 0.2) is 0 Å². The van der Waals surface area contributed by atoms with Crippen LogP contribution in [0.15, 0.2) is 12.1 Å². The molecule has 1 aromatic carbocycles. The lowest BCUT2D eigenvalue weighted by Crippen LogP contribution is -2.56. The van der Waals surface area contributed by atoms with Crippen molar-refractivity contribution in [2.24, 2.45) is 0 Å². The second-order valence-electron chi connectivity index (χ2n) is 4.52. The Kier molecular flexibility index (Phi) is 3.25. The highest BCUT2D eigenvalue weighted by Gasteiger charge is 2.63. The number of carboxylic acid groups (broad SMARTS) is 1. The molecule has 7 heteroatoms. The van der Waals surface area contributed by atoms with Gasteiger partial charge in [-0.25, -0.2) is 4.79 Å². The fourth-order valence-electron chi connectivity index (χ4n) is 2.02. The monoisotopic (exact) mass is 306 g/mol. The van der Waals surface area contributed by atoms with Gasteiger partial charge < -0.3 is 9.84 Å². The molecule has 3 nitrogen and oxygen atoms in total. The number of aryl methyl sites for hydroxylation is 1. The van der Waals surface area contributed by atoms with E-state index in [0.29, 0.717) is 27.8 Å². The van der Waals surface area contributed by atoms with Crippen LogP contribution in [0.5, 0.6) is 5.75 Å². The van der Waals surface area contributed by atoms with Crippen LogP contribution in [0.3, 0.4) is 0 Å². The molecule has 0 saturated carbocycles. The van der Waals surface area contributed by atoms with Gasteiger partial charge in [0.05, 0.1) is 0 Å². The van der Waals surface area contributed by atoms with E-state index in [4.69, 9.17) is 21.4 Å². The van der Waals surface area contributed by atoms with Gasteiger partial charge in [-0.05, 0) is 37.1 Å². The molecule has 0 bridgehead atoms. The SMILES string of the molecule is Cc1cc2c(c(C)c1Cl)C=CC(C(=O)O)(C(F)(F)F)O2. The first kappa shape index (κ1) is 14.7. The third-order valence-electron chi connectivity index (χ3n) is 3.19. The summed E-state index contributed by atoms with van der Waals surface area (Å²) in [7, 11) is 0. The first-order valence-corrected chi connectivity index (χ1v) is 5.96. The topological polar surface area (TPSA) is 46.5 Å². The maximum Gasteiger partial charge on any atom is 0.443 e. The molecule has 1 heterocycles. The van der Waals surface area contributed by atoms with Crippen molar-refractivity contribution in [1.29, 1.82) is 0 Å².